The van der Waals surface area contributed by atoms with Crippen LogP contribution in [0.2, 0.25) is 0 Å². The molecule has 6 nitrogen and oxygen atoms in total. The molecule has 0 radical (unpaired) electrons. The fraction of sp³-hybridized carbons (Fsp3) is 0.176. The second-order valence-corrected chi connectivity index (χ2v) is 5.79. The molecular formula is C17H14F4N4O2. The van der Waals surface area contributed by atoms with E-state index >= 15 is 0 Å². The van der Waals surface area contributed by atoms with E-state index in [9.17, 15) is 22.4 Å². The van der Waals surface area contributed by atoms with Gasteiger partial charge in [-0.25, -0.2) is 4.39 Å². The summed E-state index contributed by atoms with van der Waals surface area (Å²) < 4.78 is 57.2. The third kappa shape index (κ3) is 4.10. The molecule has 0 unspecified atom stereocenters. The van der Waals surface area contributed by atoms with E-state index in [4.69, 9.17) is 16.2 Å². The molecule has 3 aromatic rings. The summed E-state index contributed by atoms with van der Waals surface area (Å²) in [6, 6.07) is 7.83. The zero-order chi connectivity index (χ0) is 19.8. The molecule has 1 aromatic heterocycles. The Balaban J connectivity index is 2.09. The van der Waals surface area contributed by atoms with Crippen molar-refractivity contribution >= 4 is 22.6 Å². The number of carbonyl (C=O) groups is 1. The van der Waals surface area contributed by atoms with Gasteiger partial charge in [0.25, 0.3) is 0 Å². The summed E-state index contributed by atoms with van der Waals surface area (Å²) in [4.78, 5) is 11.2. The smallest absolute Gasteiger partial charge is 0.422 e. The Bertz CT molecular complexity index is 1010. The molecule has 3 rings (SSSR count). The summed E-state index contributed by atoms with van der Waals surface area (Å²) in [5.74, 6) is -1.27. The molecule has 1 amide bonds. The molecule has 0 atom stereocenters. The van der Waals surface area contributed by atoms with Crippen LogP contribution in [0.4, 0.5) is 23.4 Å². The van der Waals surface area contributed by atoms with Crippen molar-refractivity contribution in [2.45, 2.75) is 12.7 Å². The van der Waals surface area contributed by atoms with Crippen LogP contribution < -0.4 is 16.2 Å². The average Bonchev–Trinajstić information content (AvgIpc) is 2.87. The number of primary amides is 1. The lowest BCUT2D eigenvalue weighted by atomic mass is 10.0. The van der Waals surface area contributed by atoms with Crippen molar-refractivity contribution in [2.75, 3.05) is 12.3 Å². The number of hydrogen-bond donors (Lipinski definition) is 2. The molecule has 0 saturated carbocycles. The zero-order valence-corrected chi connectivity index (χ0v) is 13.8. The third-order valence-electron chi connectivity index (χ3n) is 3.73. The number of carbonyl (C=O) groups excluding carboxylic acids is 1. The van der Waals surface area contributed by atoms with Gasteiger partial charge < -0.3 is 16.2 Å². The van der Waals surface area contributed by atoms with Gasteiger partial charge in [0.05, 0.1) is 5.52 Å². The number of ether oxygens (including phenoxy) is 1. The molecule has 0 aliphatic heterocycles. The largest absolute Gasteiger partial charge is 0.483 e. The van der Waals surface area contributed by atoms with E-state index in [2.05, 4.69) is 5.10 Å². The van der Waals surface area contributed by atoms with Crippen LogP contribution >= 0.6 is 0 Å². The third-order valence-corrected chi connectivity index (χ3v) is 3.73. The first kappa shape index (κ1) is 18.5. The average molecular weight is 382 g/mol. The molecule has 0 aliphatic carbocycles. The molecule has 0 spiro atoms. The van der Waals surface area contributed by atoms with Crippen LogP contribution in [0, 0.1) is 5.82 Å². The van der Waals surface area contributed by atoms with Gasteiger partial charge in [-0.05, 0) is 35.9 Å². The molecule has 4 N–H and O–H groups in total. The first-order valence-electron chi connectivity index (χ1n) is 7.68. The van der Waals surface area contributed by atoms with Crippen molar-refractivity contribution in [1.82, 2.24) is 9.78 Å². The lowest BCUT2D eigenvalue weighted by Gasteiger charge is -2.14. The Morgan fingerprint density at radius 3 is 2.59 bits per heavy atom. The molecular weight excluding hydrogens is 368 g/mol. The number of amides is 1. The van der Waals surface area contributed by atoms with E-state index in [0.717, 1.165) is 18.2 Å². The highest BCUT2D eigenvalue weighted by molar-refractivity contribution is 5.93. The highest BCUT2D eigenvalue weighted by atomic mass is 19.4. The lowest BCUT2D eigenvalue weighted by molar-refractivity contribution is -0.153. The summed E-state index contributed by atoms with van der Waals surface area (Å²) in [5.41, 5.74) is 11.9. The molecule has 10 heteroatoms. The van der Waals surface area contributed by atoms with Crippen LogP contribution in [0.25, 0.3) is 22.0 Å². The minimum Gasteiger partial charge on any atom is -0.483 e. The van der Waals surface area contributed by atoms with Gasteiger partial charge in [-0.15, -0.1) is 0 Å². The molecule has 2 aromatic carbocycles. The first-order valence-corrected chi connectivity index (χ1v) is 7.68. The second kappa shape index (κ2) is 6.78. The number of aromatic nitrogens is 2. The van der Waals surface area contributed by atoms with Gasteiger partial charge in [-0.3, -0.25) is 9.48 Å². The summed E-state index contributed by atoms with van der Waals surface area (Å²) >= 11 is 0. The number of halogens is 4. The van der Waals surface area contributed by atoms with Crippen LogP contribution in [0.3, 0.4) is 0 Å². The predicted molar refractivity (Wildman–Crippen MR) is 90.3 cm³/mol. The quantitative estimate of drug-likeness (QED) is 0.663. The summed E-state index contributed by atoms with van der Waals surface area (Å²) in [6.45, 7) is -1.75. The van der Waals surface area contributed by atoms with Gasteiger partial charge >= 0.3 is 6.18 Å². The van der Waals surface area contributed by atoms with E-state index in [0.29, 0.717) is 16.5 Å². The Morgan fingerprint density at radius 2 is 1.93 bits per heavy atom. The fourth-order valence-corrected chi connectivity index (χ4v) is 2.65. The van der Waals surface area contributed by atoms with Crippen molar-refractivity contribution < 1.29 is 27.1 Å². The monoisotopic (exact) mass is 382 g/mol. The Hall–Kier alpha value is -3.30. The number of alkyl halides is 3. The number of nitrogen functional groups attached to an aromatic ring is 1. The minimum absolute atomic E-state index is 0.117. The molecule has 142 valence electrons. The SMILES string of the molecule is NC(=O)Cn1nc(N)c2ccc(-c3cc(F)ccc3OCC(F)(F)F)cc21. The summed E-state index contributed by atoms with van der Waals surface area (Å²) in [7, 11) is 0. The van der Waals surface area contributed by atoms with Crippen LogP contribution in [0.15, 0.2) is 36.4 Å². The molecule has 0 aliphatic rings. The van der Waals surface area contributed by atoms with Crippen LogP contribution in [0.5, 0.6) is 5.75 Å². The molecule has 0 saturated heterocycles. The van der Waals surface area contributed by atoms with Gasteiger partial charge in [0.15, 0.2) is 12.4 Å². The van der Waals surface area contributed by atoms with Crippen molar-refractivity contribution in [1.29, 1.82) is 0 Å². The highest BCUT2D eigenvalue weighted by Gasteiger charge is 2.29. The summed E-state index contributed by atoms with van der Waals surface area (Å²) in [6.07, 6.45) is -4.54. The zero-order valence-electron chi connectivity index (χ0n) is 13.8. The van der Waals surface area contributed by atoms with E-state index in [-0.39, 0.29) is 23.7 Å². The number of nitrogens with two attached hydrogens (primary N) is 2. The van der Waals surface area contributed by atoms with Crippen molar-refractivity contribution in [3.8, 4) is 16.9 Å². The predicted octanol–water partition coefficient (Wildman–Crippen LogP) is 2.85. The Labute approximate surface area is 150 Å². The van der Waals surface area contributed by atoms with Crippen molar-refractivity contribution in [3.63, 3.8) is 0 Å². The number of hydrogen-bond acceptors (Lipinski definition) is 4. The van der Waals surface area contributed by atoms with E-state index < -0.39 is 24.5 Å². The second-order valence-electron chi connectivity index (χ2n) is 5.79. The fourth-order valence-electron chi connectivity index (χ4n) is 2.65. The van der Waals surface area contributed by atoms with Crippen LogP contribution in [-0.4, -0.2) is 28.5 Å². The van der Waals surface area contributed by atoms with E-state index in [1.54, 1.807) is 12.1 Å². The standard InChI is InChI=1S/C17H14F4N4O2/c18-10-2-4-14(27-8-17(19,20)21)12(6-10)9-1-3-11-13(5-9)25(7-15(22)26)24-16(11)23/h1-6H,7-8H2,(H2,22,26)(H2,23,24). The van der Waals surface area contributed by atoms with Crippen molar-refractivity contribution in [2.24, 2.45) is 5.73 Å². The maximum Gasteiger partial charge on any atom is 0.422 e. The Morgan fingerprint density at radius 1 is 1.19 bits per heavy atom. The first-order chi connectivity index (χ1) is 12.6. The van der Waals surface area contributed by atoms with Gasteiger partial charge in [0.1, 0.15) is 18.1 Å². The van der Waals surface area contributed by atoms with Crippen LogP contribution in [-0.2, 0) is 11.3 Å². The molecule has 1 heterocycles. The number of fused-ring (bicyclic) bond motifs is 1. The highest BCUT2D eigenvalue weighted by Crippen LogP contribution is 2.34. The van der Waals surface area contributed by atoms with Gasteiger partial charge in [0.2, 0.25) is 5.91 Å². The number of nitrogens with zero attached hydrogens (tertiary/aromatic N) is 2. The Kier molecular flexibility index (Phi) is 4.64. The van der Waals surface area contributed by atoms with E-state index in [1.165, 1.54) is 10.7 Å². The topological polar surface area (TPSA) is 96.2 Å². The lowest BCUT2D eigenvalue weighted by Crippen LogP contribution is -2.19. The maximum absolute atomic E-state index is 13.7. The molecule has 0 bridgehead atoms. The number of anilines is 1. The van der Waals surface area contributed by atoms with Gasteiger partial charge in [-0.1, -0.05) is 6.07 Å². The summed E-state index contributed by atoms with van der Waals surface area (Å²) in [5, 5.41) is 4.54. The van der Waals surface area contributed by atoms with Crippen molar-refractivity contribution in [3.05, 3.63) is 42.2 Å². The van der Waals surface area contributed by atoms with E-state index in [1.807, 2.05) is 0 Å². The normalized spacial score (nSPS) is 11.7. The number of rotatable bonds is 5. The minimum atomic E-state index is -4.54. The maximum atomic E-state index is 13.7. The molecule has 0 fully saturated rings. The molecule has 27 heavy (non-hydrogen) atoms. The van der Waals surface area contributed by atoms with Gasteiger partial charge in [-0.2, -0.15) is 18.3 Å². The van der Waals surface area contributed by atoms with Gasteiger partial charge in [0, 0.05) is 10.9 Å². The number of benzene rings is 2. The van der Waals surface area contributed by atoms with Crippen LogP contribution in [0.1, 0.15) is 0 Å².